The van der Waals surface area contributed by atoms with Gasteiger partial charge in [0.15, 0.2) is 0 Å². The lowest BCUT2D eigenvalue weighted by Gasteiger charge is -2.27. The Kier molecular flexibility index (Phi) is 5.43. The molecule has 0 aliphatic carbocycles. The van der Waals surface area contributed by atoms with Gasteiger partial charge in [0.25, 0.3) is 0 Å². The Hall–Kier alpha value is -0.580. The third kappa shape index (κ3) is 3.44. The van der Waals surface area contributed by atoms with Crippen molar-refractivity contribution >= 4 is 15.9 Å². The van der Waals surface area contributed by atoms with Crippen molar-refractivity contribution in [1.82, 2.24) is 0 Å². The van der Waals surface area contributed by atoms with Gasteiger partial charge in [0.1, 0.15) is 5.75 Å². The lowest BCUT2D eigenvalue weighted by Crippen LogP contribution is -2.32. The maximum Gasteiger partial charge on any atom is 0.123 e. The third-order valence-electron chi connectivity index (χ3n) is 3.14. The molecule has 0 aliphatic heterocycles. The van der Waals surface area contributed by atoms with Gasteiger partial charge in [-0.05, 0) is 36.6 Å². The topological polar surface area (TPSA) is 61.3 Å². The summed E-state index contributed by atoms with van der Waals surface area (Å²) < 4.78 is 6.36. The number of methoxy groups -OCH3 is 1. The highest BCUT2D eigenvalue weighted by molar-refractivity contribution is 9.10. The Bertz CT molecular complexity index is 368. The van der Waals surface area contributed by atoms with E-state index in [9.17, 15) is 0 Å². The fourth-order valence-electron chi connectivity index (χ4n) is 2.03. The van der Waals surface area contributed by atoms with Gasteiger partial charge in [0.2, 0.25) is 0 Å². The van der Waals surface area contributed by atoms with Crippen LogP contribution in [0.4, 0.5) is 0 Å². The van der Waals surface area contributed by atoms with Crippen molar-refractivity contribution in [3.8, 4) is 5.75 Å². The zero-order valence-electron chi connectivity index (χ0n) is 10.6. The van der Waals surface area contributed by atoms with Crippen LogP contribution < -0.4 is 16.2 Å². The van der Waals surface area contributed by atoms with Crippen LogP contribution in [-0.2, 0) is 0 Å². The molecule has 0 aliphatic rings. The van der Waals surface area contributed by atoms with Crippen LogP contribution in [0, 0.1) is 11.8 Å². The van der Waals surface area contributed by atoms with E-state index in [4.69, 9.17) is 16.2 Å². The van der Waals surface area contributed by atoms with Crippen LogP contribution in [0.2, 0.25) is 0 Å². The van der Waals surface area contributed by atoms with Crippen molar-refractivity contribution in [1.29, 1.82) is 0 Å². The maximum atomic E-state index is 6.32. The lowest BCUT2D eigenvalue weighted by molar-refractivity contribution is 0.320. The molecule has 4 N–H and O–H groups in total. The highest BCUT2D eigenvalue weighted by Gasteiger charge is 2.24. The number of halogens is 1. The van der Waals surface area contributed by atoms with Gasteiger partial charge < -0.3 is 16.2 Å². The summed E-state index contributed by atoms with van der Waals surface area (Å²) >= 11 is 3.46. The Balaban J connectivity index is 3.08. The van der Waals surface area contributed by atoms with Crippen molar-refractivity contribution < 1.29 is 4.74 Å². The Labute approximate surface area is 112 Å². The summed E-state index contributed by atoms with van der Waals surface area (Å²) in [5, 5.41) is 0. The predicted octanol–water partition coefficient (Wildman–Crippen LogP) is 2.69. The molecule has 0 saturated carbocycles. The molecule has 96 valence electrons. The molecule has 0 heterocycles. The molecule has 2 atom stereocenters. The number of nitrogens with two attached hydrogens (primary N) is 2. The first-order valence-corrected chi connectivity index (χ1v) is 6.59. The second kappa shape index (κ2) is 6.38. The predicted molar refractivity (Wildman–Crippen MR) is 75.0 cm³/mol. The average Bonchev–Trinajstić information content (AvgIpc) is 2.29. The summed E-state index contributed by atoms with van der Waals surface area (Å²) in [6.07, 6.45) is 0. The van der Waals surface area contributed by atoms with Gasteiger partial charge in [0.05, 0.1) is 7.11 Å². The van der Waals surface area contributed by atoms with Crippen molar-refractivity contribution in [3.05, 3.63) is 28.2 Å². The molecular weight excluding hydrogens is 280 g/mol. The minimum Gasteiger partial charge on any atom is -0.496 e. The molecule has 1 aromatic rings. The maximum absolute atomic E-state index is 6.32. The molecule has 1 aromatic carbocycles. The van der Waals surface area contributed by atoms with Gasteiger partial charge in [-0.1, -0.05) is 29.8 Å². The van der Waals surface area contributed by atoms with E-state index in [2.05, 4.69) is 29.8 Å². The van der Waals surface area contributed by atoms with Crippen LogP contribution in [-0.4, -0.2) is 13.7 Å². The molecule has 2 unspecified atom stereocenters. The van der Waals surface area contributed by atoms with Crippen LogP contribution in [0.25, 0.3) is 0 Å². The lowest BCUT2D eigenvalue weighted by atomic mass is 9.85. The van der Waals surface area contributed by atoms with Crippen LogP contribution in [0.3, 0.4) is 0 Å². The van der Waals surface area contributed by atoms with Crippen molar-refractivity contribution in [2.45, 2.75) is 19.9 Å². The number of benzene rings is 1. The zero-order valence-corrected chi connectivity index (χ0v) is 12.2. The Morgan fingerprint density at radius 3 is 2.47 bits per heavy atom. The highest BCUT2D eigenvalue weighted by atomic mass is 79.9. The first-order valence-electron chi connectivity index (χ1n) is 5.80. The summed E-state index contributed by atoms with van der Waals surface area (Å²) in [5.41, 5.74) is 13.1. The number of ether oxygens (including phenoxy) is 1. The molecular formula is C13H21BrN2O. The van der Waals surface area contributed by atoms with Gasteiger partial charge in [-0.3, -0.25) is 0 Å². The molecule has 0 radical (unpaired) electrons. The van der Waals surface area contributed by atoms with Crippen molar-refractivity contribution in [2.24, 2.45) is 23.3 Å². The van der Waals surface area contributed by atoms with Crippen LogP contribution in [0.1, 0.15) is 25.5 Å². The Morgan fingerprint density at radius 2 is 2.00 bits per heavy atom. The third-order valence-corrected chi connectivity index (χ3v) is 3.63. The number of hydrogen-bond acceptors (Lipinski definition) is 3. The minimum absolute atomic E-state index is 0.104. The minimum atomic E-state index is -0.104. The second-order valence-corrected chi connectivity index (χ2v) is 5.47. The van der Waals surface area contributed by atoms with Crippen LogP contribution in [0.5, 0.6) is 5.75 Å². The monoisotopic (exact) mass is 300 g/mol. The number of hydrogen-bond donors (Lipinski definition) is 2. The molecule has 0 saturated heterocycles. The second-order valence-electron chi connectivity index (χ2n) is 4.56. The van der Waals surface area contributed by atoms with E-state index in [0.29, 0.717) is 12.5 Å². The smallest absolute Gasteiger partial charge is 0.123 e. The van der Waals surface area contributed by atoms with E-state index < -0.39 is 0 Å². The largest absolute Gasteiger partial charge is 0.496 e. The van der Waals surface area contributed by atoms with Gasteiger partial charge in [-0.2, -0.15) is 0 Å². The molecule has 0 fully saturated rings. The highest BCUT2D eigenvalue weighted by Crippen LogP contribution is 2.33. The van der Waals surface area contributed by atoms with Crippen LogP contribution >= 0.6 is 15.9 Å². The average molecular weight is 301 g/mol. The summed E-state index contributed by atoms with van der Waals surface area (Å²) in [6, 6.07) is 5.77. The molecule has 3 nitrogen and oxygen atoms in total. The molecule has 4 heteroatoms. The van der Waals surface area contributed by atoms with Crippen molar-refractivity contribution in [2.75, 3.05) is 13.7 Å². The fraction of sp³-hybridized carbons (Fsp3) is 0.538. The van der Waals surface area contributed by atoms with Crippen LogP contribution in [0.15, 0.2) is 22.7 Å². The molecule has 17 heavy (non-hydrogen) atoms. The summed E-state index contributed by atoms with van der Waals surface area (Å²) in [6.45, 7) is 4.86. The van der Waals surface area contributed by atoms with Crippen molar-refractivity contribution in [3.63, 3.8) is 0 Å². The summed E-state index contributed by atoms with van der Waals surface area (Å²) in [5.74, 6) is 1.51. The molecule has 0 spiro atoms. The van der Waals surface area contributed by atoms with E-state index in [-0.39, 0.29) is 12.0 Å². The zero-order chi connectivity index (χ0) is 13.0. The summed E-state index contributed by atoms with van der Waals surface area (Å²) in [7, 11) is 1.66. The van der Waals surface area contributed by atoms with Gasteiger partial charge in [-0.25, -0.2) is 0 Å². The molecule has 0 aromatic heterocycles. The SMILES string of the molecule is COc1ccc(Br)cc1C(N)C(CN)C(C)C. The standard InChI is InChI=1S/C13H21BrN2O/c1-8(2)11(7-15)13(16)10-6-9(14)4-5-12(10)17-3/h4-6,8,11,13H,7,15-16H2,1-3H3. The van der Waals surface area contributed by atoms with E-state index in [1.54, 1.807) is 7.11 Å². The van der Waals surface area contributed by atoms with E-state index >= 15 is 0 Å². The van der Waals surface area contributed by atoms with E-state index in [1.165, 1.54) is 0 Å². The first kappa shape index (κ1) is 14.5. The van der Waals surface area contributed by atoms with E-state index in [0.717, 1.165) is 15.8 Å². The number of rotatable bonds is 5. The van der Waals surface area contributed by atoms with Gasteiger partial charge >= 0.3 is 0 Å². The first-order chi connectivity index (χ1) is 8.01. The Morgan fingerprint density at radius 1 is 1.35 bits per heavy atom. The van der Waals surface area contributed by atoms with Gasteiger partial charge in [-0.15, -0.1) is 0 Å². The van der Waals surface area contributed by atoms with Gasteiger partial charge in [0, 0.05) is 16.1 Å². The fourth-order valence-corrected chi connectivity index (χ4v) is 2.41. The quantitative estimate of drug-likeness (QED) is 0.879. The van der Waals surface area contributed by atoms with E-state index in [1.807, 2.05) is 18.2 Å². The molecule has 0 bridgehead atoms. The summed E-state index contributed by atoms with van der Waals surface area (Å²) in [4.78, 5) is 0. The molecule has 1 rings (SSSR count). The molecule has 0 amide bonds. The normalized spacial score (nSPS) is 14.8.